The predicted molar refractivity (Wildman–Crippen MR) is 55.6 cm³/mol. The van der Waals surface area contributed by atoms with Crippen molar-refractivity contribution in [2.45, 2.75) is 51.9 Å². The molecule has 13 heavy (non-hydrogen) atoms. The number of quaternary nitrogens is 1. The molecule has 3 heterocycles. The van der Waals surface area contributed by atoms with Gasteiger partial charge in [-0.2, -0.15) is 0 Å². The van der Waals surface area contributed by atoms with Crippen LogP contribution in [0.3, 0.4) is 0 Å². The first-order valence-electron chi connectivity index (χ1n) is 5.59. The number of nitrogens with zero attached hydrogens (tertiary/aromatic N) is 2. The molecule has 3 aliphatic rings. The van der Waals surface area contributed by atoms with E-state index in [9.17, 15) is 0 Å². The van der Waals surface area contributed by atoms with Crippen molar-refractivity contribution in [2.75, 3.05) is 20.1 Å². The molecular weight excluding hydrogens is 160 g/mol. The molecule has 2 heteroatoms. The first-order chi connectivity index (χ1) is 5.98. The number of rotatable bonds is 0. The Kier molecular flexibility index (Phi) is 1.97. The molecule has 0 saturated carbocycles. The standard InChI is InChI=1S/C11H23N2/c1-8-10(3)13(5)7-6-12(8)9(2)11(13)4/h8-11H,6-7H2,1-5H3/q+1. The summed E-state index contributed by atoms with van der Waals surface area (Å²) in [4.78, 5) is 2.69. The first kappa shape index (κ1) is 9.47. The Morgan fingerprint density at radius 1 is 1.00 bits per heavy atom. The van der Waals surface area contributed by atoms with Crippen molar-refractivity contribution in [3.63, 3.8) is 0 Å². The molecule has 0 aromatic heterocycles. The number of hydrogen-bond donors (Lipinski definition) is 0. The van der Waals surface area contributed by atoms with E-state index in [1.807, 2.05) is 0 Å². The molecule has 0 aromatic carbocycles. The Bertz CT molecular complexity index is 194. The summed E-state index contributed by atoms with van der Waals surface area (Å²) < 4.78 is 1.29. The highest BCUT2D eigenvalue weighted by Crippen LogP contribution is 2.36. The second kappa shape index (κ2) is 2.71. The molecule has 0 amide bonds. The average molecular weight is 183 g/mol. The Labute approximate surface area is 82.1 Å². The highest BCUT2D eigenvalue weighted by atomic mass is 15.5. The normalized spacial score (nSPS) is 61.2. The van der Waals surface area contributed by atoms with E-state index in [1.165, 1.54) is 17.6 Å². The van der Waals surface area contributed by atoms with Crippen molar-refractivity contribution in [3.8, 4) is 0 Å². The molecular formula is C11H23N2+. The summed E-state index contributed by atoms with van der Waals surface area (Å²) in [7, 11) is 2.44. The van der Waals surface area contributed by atoms with E-state index in [0.717, 1.165) is 24.2 Å². The molecule has 2 bridgehead atoms. The SMILES string of the molecule is CC1C(C)[N+]2(C)CCN1C(C)C2C. The maximum absolute atomic E-state index is 2.69. The third-order valence-electron chi connectivity index (χ3n) is 5.14. The van der Waals surface area contributed by atoms with Crippen LogP contribution in [0.25, 0.3) is 0 Å². The Balaban J connectivity index is 2.34. The fourth-order valence-electron chi connectivity index (χ4n) is 3.43. The molecule has 4 atom stereocenters. The lowest BCUT2D eigenvalue weighted by molar-refractivity contribution is -0.973. The van der Waals surface area contributed by atoms with Crippen molar-refractivity contribution in [1.82, 2.24) is 4.90 Å². The van der Waals surface area contributed by atoms with E-state index >= 15 is 0 Å². The largest absolute Gasteiger partial charge is 0.318 e. The summed E-state index contributed by atoms with van der Waals surface area (Å²) in [6, 6.07) is 3.15. The smallest absolute Gasteiger partial charge is 0.102 e. The number of fused-ring (bicyclic) bond motifs is 3. The van der Waals surface area contributed by atoms with Gasteiger partial charge in [0.15, 0.2) is 0 Å². The van der Waals surface area contributed by atoms with Gasteiger partial charge >= 0.3 is 0 Å². The van der Waals surface area contributed by atoms with E-state index < -0.39 is 0 Å². The molecule has 3 saturated heterocycles. The molecule has 3 rings (SSSR count). The highest BCUT2D eigenvalue weighted by Gasteiger charge is 2.53. The summed E-state index contributed by atoms with van der Waals surface area (Å²) >= 11 is 0. The fourth-order valence-corrected chi connectivity index (χ4v) is 3.43. The molecule has 0 spiro atoms. The van der Waals surface area contributed by atoms with Crippen molar-refractivity contribution < 1.29 is 4.48 Å². The third kappa shape index (κ3) is 1.02. The monoisotopic (exact) mass is 183 g/mol. The lowest BCUT2D eigenvalue weighted by Crippen LogP contribution is -2.79. The zero-order valence-corrected chi connectivity index (χ0v) is 9.62. The minimum atomic E-state index is 0.768. The summed E-state index contributed by atoms with van der Waals surface area (Å²) in [5.74, 6) is 0. The van der Waals surface area contributed by atoms with Crippen LogP contribution >= 0.6 is 0 Å². The van der Waals surface area contributed by atoms with Crippen LogP contribution in [0, 0.1) is 0 Å². The van der Waals surface area contributed by atoms with Crippen molar-refractivity contribution in [3.05, 3.63) is 0 Å². The number of likely N-dealkylation sites (N-methyl/N-ethyl adjacent to an activating group) is 1. The molecule has 0 aliphatic carbocycles. The molecule has 0 N–H and O–H groups in total. The lowest BCUT2D eigenvalue weighted by Gasteiger charge is -2.62. The van der Waals surface area contributed by atoms with Gasteiger partial charge in [-0.1, -0.05) is 0 Å². The Hall–Kier alpha value is -0.0800. The second-order valence-corrected chi connectivity index (χ2v) is 5.27. The van der Waals surface area contributed by atoms with Gasteiger partial charge in [-0.15, -0.1) is 0 Å². The van der Waals surface area contributed by atoms with E-state index in [1.54, 1.807) is 0 Å². The highest BCUT2D eigenvalue weighted by molar-refractivity contribution is 4.91. The van der Waals surface area contributed by atoms with Crippen LogP contribution in [0.1, 0.15) is 27.7 Å². The number of piperazine rings is 3. The molecule has 76 valence electrons. The zero-order chi connectivity index (χ0) is 9.80. The van der Waals surface area contributed by atoms with Crippen LogP contribution in [0.15, 0.2) is 0 Å². The van der Waals surface area contributed by atoms with Crippen LogP contribution in [0.4, 0.5) is 0 Å². The van der Waals surface area contributed by atoms with Gasteiger partial charge in [0.2, 0.25) is 0 Å². The zero-order valence-electron chi connectivity index (χ0n) is 9.62. The molecule has 0 radical (unpaired) electrons. The van der Waals surface area contributed by atoms with Gasteiger partial charge < -0.3 is 4.48 Å². The van der Waals surface area contributed by atoms with Gasteiger partial charge in [0, 0.05) is 6.54 Å². The van der Waals surface area contributed by atoms with Crippen LogP contribution < -0.4 is 0 Å². The topological polar surface area (TPSA) is 3.24 Å². The molecule has 2 nitrogen and oxygen atoms in total. The summed E-state index contributed by atoms with van der Waals surface area (Å²) in [6.45, 7) is 12.3. The van der Waals surface area contributed by atoms with E-state index in [4.69, 9.17) is 0 Å². The Morgan fingerprint density at radius 3 is 1.92 bits per heavy atom. The first-order valence-corrected chi connectivity index (χ1v) is 5.59. The van der Waals surface area contributed by atoms with Gasteiger partial charge in [0.25, 0.3) is 0 Å². The maximum Gasteiger partial charge on any atom is 0.102 e. The molecule has 4 unspecified atom stereocenters. The van der Waals surface area contributed by atoms with Crippen LogP contribution in [0.5, 0.6) is 0 Å². The number of hydrogen-bond acceptors (Lipinski definition) is 1. The maximum atomic E-state index is 2.69. The third-order valence-corrected chi connectivity index (χ3v) is 5.14. The van der Waals surface area contributed by atoms with Crippen LogP contribution in [0.2, 0.25) is 0 Å². The second-order valence-electron chi connectivity index (χ2n) is 5.27. The van der Waals surface area contributed by atoms with Crippen molar-refractivity contribution in [1.29, 1.82) is 0 Å². The quantitative estimate of drug-likeness (QED) is 0.512. The predicted octanol–water partition coefficient (Wildman–Crippen LogP) is 1.32. The minimum Gasteiger partial charge on any atom is -0.318 e. The van der Waals surface area contributed by atoms with Gasteiger partial charge in [-0.25, -0.2) is 0 Å². The van der Waals surface area contributed by atoms with Gasteiger partial charge in [-0.05, 0) is 27.7 Å². The van der Waals surface area contributed by atoms with Crippen molar-refractivity contribution >= 4 is 0 Å². The van der Waals surface area contributed by atoms with Gasteiger partial charge in [-0.3, -0.25) is 4.90 Å². The summed E-state index contributed by atoms with van der Waals surface area (Å²) in [5, 5.41) is 0. The Morgan fingerprint density at radius 2 is 1.46 bits per heavy atom. The minimum absolute atomic E-state index is 0.768. The lowest BCUT2D eigenvalue weighted by atomic mass is 9.88. The van der Waals surface area contributed by atoms with E-state index in [-0.39, 0.29) is 0 Å². The van der Waals surface area contributed by atoms with Gasteiger partial charge in [0.05, 0.1) is 25.7 Å². The van der Waals surface area contributed by atoms with Crippen LogP contribution in [-0.2, 0) is 0 Å². The van der Waals surface area contributed by atoms with E-state index in [2.05, 4.69) is 39.6 Å². The fraction of sp³-hybridized carbons (Fsp3) is 1.00. The summed E-state index contributed by atoms with van der Waals surface area (Å²) in [6.07, 6.45) is 0. The molecule has 3 fully saturated rings. The van der Waals surface area contributed by atoms with E-state index in [0.29, 0.717) is 0 Å². The average Bonchev–Trinajstić information content (AvgIpc) is 2.10. The summed E-state index contributed by atoms with van der Waals surface area (Å²) in [5.41, 5.74) is 0. The molecule has 0 aromatic rings. The van der Waals surface area contributed by atoms with Gasteiger partial charge in [0.1, 0.15) is 12.1 Å². The van der Waals surface area contributed by atoms with Crippen LogP contribution in [-0.4, -0.2) is 53.7 Å². The van der Waals surface area contributed by atoms with Crippen molar-refractivity contribution in [2.24, 2.45) is 0 Å². The molecule has 3 aliphatic heterocycles.